The van der Waals surface area contributed by atoms with Crippen molar-refractivity contribution >= 4 is 22.7 Å². The van der Waals surface area contributed by atoms with Crippen LogP contribution in [0.2, 0.25) is 0 Å². The molecule has 4 aromatic rings. The second-order valence-electron chi connectivity index (χ2n) is 6.35. The molecule has 0 saturated carbocycles. The summed E-state index contributed by atoms with van der Waals surface area (Å²) in [6, 6.07) is 15.5. The summed E-state index contributed by atoms with van der Waals surface area (Å²) >= 11 is 0. The van der Waals surface area contributed by atoms with Crippen LogP contribution in [0.5, 0.6) is 0 Å². The molecule has 2 aromatic heterocycles. The minimum absolute atomic E-state index is 0.138. The zero-order valence-corrected chi connectivity index (χ0v) is 14.6. The minimum atomic E-state index is 0.138. The number of benzene rings is 2. The van der Waals surface area contributed by atoms with Crippen molar-refractivity contribution in [2.75, 3.05) is 5.06 Å². The largest absolute Gasteiger partial charge is 0.306 e. The lowest BCUT2D eigenvalue weighted by atomic mass is 10.1. The number of fused-ring (bicyclic) bond motifs is 1. The smallest absolute Gasteiger partial charge is 0.236 e. The average Bonchev–Trinajstić information content (AvgIpc) is 3.07. The SMILES string of the molecule is CC(C)n1c(N(O)c2ccccc2)nc2cc(-c3cncnc3)ccc21. The van der Waals surface area contributed by atoms with Crippen LogP contribution in [0.4, 0.5) is 11.6 Å². The number of hydrogen-bond donors (Lipinski definition) is 1. The first kappa shape index (κ1) is 16.2. The molecule has 2 aromatic carbocycles. The van der Waals surface area contributed by atoms with Gasteiger partial charge in [0, 0.05) is 24.0 Å². The lowest BCUT2D eigenvalue weighted by Gasteiger charge is -2.20. The van der Waals surface area contributed by atoms with Gasteiger partial charge in [-0.1, -0.05) is 24.3 Å². The second-order valence-corrected chi connectivity index (χ2v) is 6.35. The van der Waals surface area contributed by atoms with E-state index >= 15 is 0 Å². The van der Waals surface area contributed by atoms with Crippen LogP contribution in [0.3, 0.4) is 0 Å². The van der Waals surface area contributed by atoms with E-state index in [-0.39, 0.29) is 6.04 Å². The number of aromatic nitrogens is 4. The predicted molar refractivity (Wildman–Crippen MR) is 102 cm³/mol. The molecular formula is C20H19N5O. The molecule has 0 aliphatic carbocycles. The Morgan fingerprint density at radius 3 is 2.38 bits per heavy atom. The molecular weight excluding hydrogens is 326 g/mol. The first-order chi connectivity index (χ1) is 12.6. The first-order valence-corrected chi connectivity index (χ1v) is 8.46. The van der Waals surface area contributed by atoms with Crippen LogP contribution < -0.4 is 5.06 Å². The molecule has 0 spiro atoms. The summed E-state index contributed by atoms with van der Waals surface area (Å²) in [5.74, 6) is 0.489. The zero-order valence-electron chi connectivity index (χ0n) is 14.6. The highest BCUT2D eigenvalue weighted by Crippen LogP contribution is 2.32. The molecule has 0 aliphatic heterocycles. The van der Waals surface area contributed by atoms with Gasteiger partial charge in [0.2, 0.25) is 5.95 Å². The molecule has 1 N–H and O–H groups in total. The third-order valence-electron chi connectivity index (χ3n) is 4.27. The van der Waals surface area contributed by atoms with E-state index in [4.69, 9.17) is 4.98 Å². The summed E-state index contributed by atoms with van der Waals surface area (Å²) < 4.78 is 2.02. The molecule has 0 amide bonds. The molecule has 4 rings (SSSR count). The summed E-state index contributed by atoms with van der Waals surface area (Å²) in [5.41, 5.74) is 4.36. The molecule has 26 heavy (non-hydrogen) atoms. The standard InChI is InChI=1S/C20H19N5O/c1-14(2)24-19-9-8-15(16-11-21-13-22-12-16)10-18(19)23-20(24)25(26)17-6-4-3-5-7-17/h3-14,26H,1-2H3. The van der Waals surface area contributed by atoms with Crippen molar-refractivity contribution in [1.82, 2.24) is 19.5 Å². The number of anilines is 2. The maximum Gasteiger partial charge on any atom is 0.236 e. The van der Waals surface area contributed by atoms with Gasteiger partial charge in [0.15, 0.2) is 0 Å². The zero-order chi connectivity index (χ0) is 18.1. The molecule has 0 atom stereocenters. The van der Waals surface area contributed by atoms with Gasteiger partial charge >= 0.3 is 0 Å². The van der Waals surface area contributed by atoms with Crippen molar-refractivity contribution in [2.24, 2.45) is 0 Å². The van der Waals surface area contributed by atoms with E-state index in [2.05, 4.69) is 23.8 Å². The molecule has 0 unspecified atom stereocenters. The minimum Gasteiger partial charge on any atom is -0.306 e. The Labute approximate surface area is 151 Å². The Balaban J connectivity index is 1.86. The molecule has 0 saturated heterocycles. The number of nitrogens with zero attached hydrogens (tertiary/aromatic N) is 5. The van der Waals surface area contributed by atoms with E-state index in [0.29, 0.717) is 11.6 Å². The Hall–Kier alpha value is -3.25. The highest BCUT2D eigenvalue weighted by molar-refractivity contribution is 5.85. The lowest BCUT2D eigenvalue weighted by Crippen LogP contribution is -2.17. The maximum absolute atomic E-state index is 10.7. The first-order valence-electron chi connectivity index (χ1n) is 8.46. The number of hydrogen-bond acceptors (Lipinski definition) is 5. The quantitative estimate of drug-likeness (QED) is 0.547. The van der Waals surface area contributed by atoms with Gasteiger partial charge < -0.3 is 4.57 Å². The third kappa shape index (κ3) is 2.80. The van der Waals surface area contributed by atoms with Gasteiger partial charge in [-0.3, -0.25) is 5.21 Å². The van der Waals surface area contributed by atoms with Crippen LogP contribution in [-0.4, -0.2) is 24.7 Å². The van der Waals surface area contributed by atoms with E-state index in [1.165, 1.54) is 6.33 Å². The van der Waals surface area contributed by atoms with E-state index < -0.39 is 0 Å². The van der Waals surface area contributed by atoms with E-state index in [0.717, 1.165) is 27.2 Å². The van der Waals surface area contributed by atoms with Crippen LogP contribution in [0.15, 0.2) is 67.3 Å². The van der Waals surface area contributed by atoms with Gasteiger partial charge in [-0.15, -0.1) is 0 Å². The molecule has 0 aliphatic rings. The molecule has 2 heterocycles. The van der Waals surface area contributed by atoms with Gasteiger partial charge in [0.05, 0.1) is 16.7 Å². The third-order valence-corrected chi connectivity index (χ3v) is 4.27. The molecule has 6 heteroatoms. The van der Waals surface area contributed by atoms with Crippen LogP contribution in [-0.2, 0) is 0 Å². The van der Waals surface area contributed by atoms with E-state index in [1.54, 1.807) is 12.4 Å². The molecule has 0 fully saturated rings. The topological polar surface area (TPSA) is 67.1 Å². The number of para-hydroxylation sites is 1. The van der Waals surface area contributed by atoms with Crippen molar-refractivity contribution in [3.63, 3.8) is 0 Å². The fourth-order valence-corrected chi connectivity index (χ4v) is 3.06. The average molecular weight is 345 g/mol. The predicted octanol–water partition coefficient (Wildman–Crippen LogP) is 4.60. The van der Waals surface area contributed by atoms with Crippen molar-refractivity contribution in [1.29, 1.82) is 0 Å². The molecule has 130 valence electrons. The summed E-state index contributed by atoms with van der Waals surface area (Å²) in [6.07, 6.45) is 5.06. The highest BCUT2D eigenvalue weighted by atomic mass is 16.5. The van der Waals surface area contributed by atoms with Crippen molar-refractivity contribution < 1.29 is 5.21 Å². The van der Waals surface area contributed by atoms with E-state index in [1.807, 2.05) is 53.1 Å². The maximum atomic E-state index is 10.7. The molecule has 0 radical (unpaired) electrons. The monoisotopic (exact) mass is 345 g/mol. The molecule has 0 bridgehead atoms. The highest BCUT2D eigenvalue weighted by Gasteiger charge is 2.19. The number of rotatable bonds is 4. The van der Waals surface area contributed by atoms with Crippen molar-refractivity contribution in [3.05, 3.63) is 67.3 Å². The van der Waals surface area contributed by atoms with Crippen LogP contribution in [0.1, 0.15) is 19.9 Å². The van der Waals surface area contributed by atoms with Gasteiger partial charge in [-0.25, -0.2) is 15.0 Å². The summed E-state index contributed by atoms with van der Waals surface area (Å²) in [4.78, 5) is 12.8. The lowest BCUT2D eigenvalue weighted by molar-refractivity contribution is 0.288. The van der Waals surface area contributed by atoms with Gasteiger partial charge in [-0.2, -0.15) is 5.06 Å². The van der Waals surface area contributed by atoms with Crippen molar-refractivity contribution in [3.8, 4) is 11.1 Å². The van der Waals surface area contributed by atoms with Crippen LogP contribution >= 0.6 is 0 Å². The fraction of sp³-hybridized carbons (Fsp3) is 0.150. The summed E-state index contributed by atoms with van der Waals surface area (Å²) in [6.45, 7) is 4.14. The summed E-state index contributed by atoms with van der Waals surface area (Å²) in [5, 5.41) is 11.9. The van der Waals surface area contributed by atoms with Gasteiger partial charge in [0.1, 0.15) is 6.33 Å². The molecule has 6 nitrogen and oxygen atoms in total. The second kappa shape index (κ2) is 6.57. The van der Waals surface area contributed by atoms with E-state index in [9.17, 15) is 5.21 Å². The Bertz CT molecular complexity index is 1030. The van der Waals surface area contributed by atoms with Crippen molar-refractivity contribution in [2.45, 2.75) is 19.9 Å². The summed E-state index contributed by atoms with van der Waals surface area (Å²) in [7, 11) is 0. The van der Waals surface area contributed by atoms with Gasteiger partial charge in [0.25, 0.3) is 0 Å². The Kier molecular flexibility index (Phi) is 4.10. The fourth-order valence-electron chi connectivity index (χ4n) is 3.06. The number of imidazole rings is 1. The normalized spacial score (nSPS) is 11.2. The van der Waals surface area contributed by atoms with Gasteiger partial charge in [-0.05, 0) is 43.7 Å². The Morgan fingerprint density at radius 1 is 0.962 bits per heavy atom. The van der Waals surface area contributed by atoms with Crippen LogP contribution in [0, 0.1) is 0 Å². The van der Waals surface area contributed by atoms with Crippen LogP contribution in [0.25, 0.3) is 22.2 Å². The Morgan fingerprint density at radius 2 is 1.69 bits per heavy atom.